The van der Waals surface area contributed by atoms with Gasteiger partial charge >= 0.3 is 0 Å². The fourth-order valence-corrected chi connectivity index (χ4v) is 3.86. The first-order valence-electron chi connectivity index (χ1n) is 8.89. The third kappa shape index (κ3) is 3.27. The summed E-state index contributed by atoms with van der Waals surface area (Å²) in [5.74, 6) is 1.50. The molecule has 0 radical (unpaired) electrons. The third-order valence-electron chi connectivity index (χ3n) is 5.18. The lowest BCUT2D eigenvalue weighted by molar-refractivity contribution is 0.201. The van der Waals surface area contributed by atoms with Gasteiger partial charge in [0.15, 0.2) is 0 Å². The molecule has 0 spiro atoms. The summed E-state index contributed by atoms with van der Waals surface area (Å²) >= 11 is 0. The number of benzene rings is 1. The number of hydrogen-bond donors (Lipinski definition) is 1. The molecule has 2 aromatic rings. The molecule has 0 saturated carbocycles. The van der Waals surface area contributed by atoms with Crippen LogP contribution in [0.1, 0.15) is 48.4 Å². The standard InChI is InChI=1S/C19H25N3O/c1-2-6-15(7-3-1)14-22-12-9-16(10-13-22)18-17-8-4-5-11-20-19(17)23-21-18/h1-3,6-7,16,20H,4-5,8-14H2. The van der Waals surface area contributed by atoms with Crippen molar-refractivity contribution in [2.75, 3.05) is 25.0 Å². The quantitative estimate of drug-likeness (QED) is 0.936. The van der Waals surface area contributed by atoms with Gasteiger partial charge in [-0.05, 0) is 50.8 Å². The van der Waals surface area contributed by atoms with Crippen molar-refractivity contribution in [2.45, 2.75) is 44.6 Å². The minimum Gasteiger partial charge on any atom is -0.354 e. The molecular formula is C19H25N3O. The van der Waals surface area contributed by atoms with E-state index in [1.165, 1.54) is 42.5 Å². The zero-order chi connectivity index (χ0) is 15.5. The molecule has 3 heterocycles. The molecule has 0 unspecified atom stereocenters. The van der Waals surface area contributed by atoms with Crippen molar-refractivity contribution in [1.82, 2.24) is 10.1 Å². The van der Waals surface area contributed by atoms with Gasteiger partial charge in [-0.1, -0.05) is 35.5 Å². The van der Waals surface area contributed by atoms with Gasteiger partial charge in [-0.3, -0.25) is 4.90 Å². The predicted octanol–water partition coefficient (Wildman–Crippen LogP) is 3.80. The van der Waals surface area contributed by atoms with E-state index in [1.807, 2.05) is 0 Å². The molecule has 4 nitrogen and oxygen atoms in total. The van der Waals surface area contributed by atoms with Crippen molar-refractivity contribution < 1.29 is 4.52 Å². The van der Waals surface area contributed by atoms with Gasteiger partial charge in [0.25, 0.3) is 0 Å². The lowest BCUT2D eigenvalue weighted by Crippen LogP contribution is -2.32. The Kier molecular flexibility index (Phi) is 4.33. The Hall–Kier alpha value is -1.81. The van der Waals surface area contributed by atoms with E-state index in [4.69, 9.17) is 4.52 Å². The van der Waals surface area contributed by atoms with E-state index in [2.05, 4.69) is 45.7 Å². The smallest absolute Gasteiger partial charge is 0.228 e. The highest BCUT2D eigenvalue weighted by atomic mass is 16.5. The van der Waals surface area contributed by atoms with E-state index in [0.29, 0.717) is 5.92 Å². The molecule has 122 valence electrons. The van der Waals surface area contributed by atoms with Crippen LogP contribution in [0.3, 0.4) is 0 Å². The van der Waals surface area contributed by atoms with E-state index >= 15 is 0 Å². The van der Waals surface area contributed by atoms with Crippen LogP contribution < -0.4 is 5.32 Å². The molecule has 0 aliphatic carbocycles. The lowest BCUT2D eigenvalue weighted by Gasteiger charge is -2.31. The molecule has 0 atom stereocenters. The lowest BCUT2D eigenvalue weighted by atomic mass is 9.90. The maximum Gasteiger partial charge on any atom is 0.228 e. The monoisotopic (exact) mass is 311 g/mol. The molecule has 0 bridgehead atoms. The van der Waals surface area contributed by atoms with E-state index in [0.717, 1.165) is 38.5 Å². The van der Waals surface area contributed by atoms with Crippen LogP contribution in [0.5, 0.6) is 0 Å². The molecular weight excluding hydrogens is 286 g/mol. The molecule has 4 rings (SSSR count). The number of rotatable bonds is 3. The number of piperidine rings is 1. The largest absolute Gasteiger partial charge is 0.354 e. The highest BCUT2D eigenvalue weighted by molar-refractivity contribution is 5.45. The summed E-state index contributed by atoms with van der Waals surface area (Å²) in [5.41, 5.74) is 3.99. The van der Waals surface area contributed by atoms with Crippen LogP contribution in [0.4, 0.5) is 5.88 Å². The van der Waals surface area contributed by atoms with Crippen molar-refractivity contribution in [3.8, 4) is 0 Å². The zero-order valence-electron chi connectivity index (χ0n) is 13.6. The van der Waals surface area contributed by atoms with Crippen LogP contribution in [-0.4, -0.2) is 29.7 Å². The average molecular weight is 311 g/mol. The number of likely N-dealkylation sites (tertiary alicyclic amines) is 1. The Morgan fingerprint density at radius 1 is 1.13 bits per heavy atom. The Morgan fingerprint density at radius 3 is 2.78 bits per heavy atom. The van der Waals surface area contributed by atoms with Gasteiger partial charge in [0.1, 0.15) is 0 Å². The number of nitrogens with one attached hydrogen (secondary N) is 1. The second-order valence-corrected chi connectivity index (χ2v) is 6.80. The molecule has 4 heteroatoms. The molecule has 2 aliphatic rings. The topological polar surface area (TPSA) is 41.3 Å². The summed E-state index contributed by atoms with van der Waals surface area (Å²) < 4.78 is 5.57. The van der Waals surface area contributed by atoms with E-state index in [-0.39, 0.29) is 0 Å². The predicted molar refractivity (Wildman–Crippen MR) is 91.6 cm³/mol. The first kappa shape index (κ1) is 14.8. The molecule has 0 amide bonds. The summed E-state index contributed by atoms with van der Waals surface area (Å²) in [4.78, 5) is 2.56. The second-order valence-electron chi connectivity index (χ2n) is 6.80. The highest BCUT2D eigenvalue weighted by Crippen LogP contribution is 2.35. The van der Waals surface area contributed by atoms with Crippen LogP contribution in [0.25, 0.3) is 0 Å². The van der Waals surface area contributed by atoms with Gasteiger partial charge in [0, 0.05) is 24.6 Å². The Bertz CT molecular complexity index is 629. The van der Waals surface area contributed by atoms with Gasteiger partial charge in [-0.25, -0.2) is 0 Å². The Morgan fingerprint density at radius 2 is 1.96 bits per heavy atom. The highest BCUT2D eigenvalue weighted by Gasteiger charge is 2.28. The Balaban J connectivity index is 1.39. The fraction of sp³-hybridized carbons (Fsp3) is 0.526. The van der Waals surface area contributed by atoms with Crippen molar-refractivity contribution in [2.24, 2.45) is 0 Å². The van der Waals surface area contributed by atoms with Gasteiger partial charge in [0.2, 0.25) is 5.88 Å². The first-order chi connectivity index (χ1) is 11.4. The van der Waals surface area contributed by atoms with E-state index in [1.54, 1.807) is 0 Å². The zero-order valence-corrected chi connectivity index (χ0v) is 13.6. The molecule has 1 fully saturated rings. The average Bonchev–Trinajstić information content (AvgIpc) is 2.85. The molecule has 1 aromatic carbocycles. The van der Waals surface area contributed by atoms with Crippen LogP contribution in [0.2, 0.25) is 0 Å². The van der Waals surface area contributed by atoms with Gasteiger partial charge < -0.3 is 9.84 Å². The number of nitrogens with zero attached hydrogens (tertiary/aromatic N) is 2. The van der Waals surface area contributed by atoms with Gasteiger partial charge in [0.05, 0.1) is 5.69 Å². The number of aromatic nitrogens is 1. The van der Waals surface area contributed by atoms with Crippen LogP contribution in [-0.2, 0) is 13.0 Å². The summed E-state index contributed by atoms with van der Waals surface area (Å²) in [7, 11) is 0. The summed E-state index contributed by atoms with van der Waals surface area (Å²) in [6.45, 7) is 4.37. The van der Waals surface area contributed by atoms with Crippen LogP contribution in [0.15, 0.2) is 34.9 Å². The molecule has 1 aromatic heterocycles. The van der Waals surface area contributed by atoms with Crippen molar-refractivity contribution in [3.05, 3.63) is 47.2 Å². The third-order valence-corrected chi connectivity index (χ3v) is 5.18. The second kappa shape index (κ2) is 6.75. The van der Waals surface area contributed by atoms with Crippen LogP contribution in [0, 0.1) is 0 Å². The summed E-state index contributed by atoms with van der Waals surface area (Å²) in [6, 6.07) is 10.8. The molecule has 1 N–H and O–H groups in total. The Labute approximate surface area is 137 Å². The number of hydrogen-bond acceptors (Lipinski definition) is 4. The molecule has 2 aliphatic heterocycles. The minimum atomic E-state index is 0.564. The van der Waals surface area contributed by atoms with Crippen molar-refractivity contribution >= 4 is 5.88 Å². The van der Waals surface area contributed by atoms with E-state index < -0.39 is 0 Å². The summed E-state index contributed by atoms with van der Waals surface area (Å²) in [5, 5.41) is 7.80. The minimum absolute atomic E-state index is 0.564. The molecule has 23 heavy (non-hydrogen) atoms. The summed E-state index contributed by atoms with van der Waals surface area (Å²) in [6.07, 6.45) is 5.95. The van der Waals surface area contributed by atoms with Crippen molar-refractivity contribution in [1.29, 1.82) is 0 Å². The SMILES string of the molecule is c1ccc(CN2CCC(c3noc4c3CCCCN4)CC2)cc1. The van der Waals surface area contributed by atoms with Crippen molar-refractivity contribution in [3.63, 3.8) is 0 Å². The fourth-order valence-electron chi connectivity index (χ4n) is 3.86. The maximum atomic E-state index is 5.57. The van der Waals surface area contributed by atoms with E-state index in [9.17, 15) is 0 Å². The first-order valence-corrected chi connectivity index (χ1v) is 8.89. The van der Waals surface area contributed by atoms with Gasteiger partial charge in [-0.2, -0.15) is 0 Å². The molecule has 1 saturated heterocycles. The normalized spacial score (nSPS) is 19.8. The number of fused-ring (bicyclic) bond motifs is 1. The van der Waals surface area contributed by atoms with Crippen LogP contribution >= 0.6 is 0 Å². The number of anilines is 1. The maximum absolute atomic E-state index is 5.57. The van der Waals surface area contributed by atoms with Gasteiger partial charge in [-0.15, -0.1) is 0 Å².